The van der Waals surface area contributed by atoms with Gasteiger partial charge in [-0.05, 0) is 24.7 Å². The van der Waals surface area contributed by atoms with Crippen molar-refractivity contribution in [3.63, 3.8) is 0 Å². The van der Waals surface area contributed by atoms with E-state index in [1.165, 1.54) is 32.1 Å². The summed E-state index contributed by atoms with van der Waals surface area (Å²) in [6, 6.07) is -0.130. The summed E-state index contributed by atoms with van der Waals surface area (Å²) in [5, 5.41) is 10.2. The number of ether oxygens (including phenoxy) is 2. The molecule has 1 rings (SSSR count). The molecule has 0 unspecified atom stereocenters. The van der Waals surface area contributed by atoms with Gasteiger partial charge in [-0.3, -0.25) is 4.79 Å². The van der Waals surface area contributed by atoms with Crippen LogP contribution in [0.4, 0.5) is 13.2 Å². The number of hydrogen-bond donors (Lipinski definition) is 3. The smallest absolute Gasteiger partial charge is 0.475 e. The molecule has 3 atom stereocenters. The molecule has 1 amide bonds. The highest BCUT2D eigenvalue weighted by atomic mass is 19.4. The molecule has 1 aliphatic rings. The molecule has 0 aliphatic heterocycles. The van der Waals surface area contributed by atoms with Crippen molar-refractivity contribution < 1.29 is 37.3 Å². The zero-order valence-electron chi connectivity index (χ0n) is 19.1. The van der Waals surface area contributed by atoms with Gasteiger partial charge in [0.25, 0.3) is 0 Å². The minimum absolute atomic E-state index is 0.00247. The third-order valence-corrected chi connectivity index (χ3v) is 5.41. The van der Waals surface area contributed by atoms with Crippen molar-refractivity contribution in [1.82, 2.24) is 5.32 Å². The highest BCUT2D eigenvalue weighted by Gasteiger charge is 2.45. The lowest BCUT2D eigenvalue weighted by Crippen LogP contribution is -2.60. The lowest BCUT2D eigenvalue weighted by Gasteiger charge is -2.47. The monoisotopic (exact) mass is 456 g/mol. The van der Waals surface area contributed by atoms with Gasteiger partial charge in [0.15, 0.2) is 0 Å². The normalized spacial score (nSPS) is 22.9. The van der Waals surface area contributed by atoms with E-state index in [2.05, 4.69) is 26.1 Å². The largest absolute Gasteiger partial charge is 0.490 e. The maximum atomic E-state index is 11.8. The van der Waals surface area contributed by atoms with Crippen LogP contribution >= 0.6 is 0 Å². The van der Waals surface area contributed by atoms with Crippen LogP contribution in [0.1, 0.15) is 72.1 Å². The minimum Gasteiger partial charge on any atom is -0.475 e. The number of rotatable bonds is 11. The summed E-state index contributed by atoms with van der Waals surface area (Å²) in [5.74, 6) is -2.90. The number of nitrogens with one attached hydrogen (secondary N) is 1. The molecule has 1 fully saturated rings. The molecule has 0 aromatic rings. The van der Waals surface area contributed by atoms with E-state index in [0.717, 1.165) is 25.9 Å². The van der Waals surface area contributed by atoms with E-state index in [0.29, 0.717) is 0 Å². The number of carboxylic acid groups (broad SMARTS) is 1. The van der Waals surface area contributed by atoms with Gasteiger partial charge in [-0.25, -0.2) is 4.79 Å². The lowest BCUT2D eigenvalue weighted by molar-refractivity contribution is -0.192. The molecule has 0 aromatic heterocycles. The van der Waals surface area contributed by atoms with Crippen LogP contribution in [0.15, 0.2) is 0 Å². The van der Waals surface area contributed by atoms with E-state index >= 15 is 0 Å². The van der Waals surface area contributed by atoms with Gasteiger partial charge in [0.05, 0.1) is 24.8 Å². The summed E-state index contributed by atoms with van der Waals surface area (Å²) >= 11 is 0. The maximum Gasteiger partial charge on any atom is 0.490 e. The SMILES string of the molecule is CCCCCCCCO[C@@H]1CCC(C)(C)[C@H](OC)[C@H]1NC(=O)CN.O=C(O)C(F)(F)F. The van der Waals surface area contributed by atoms with Gasteiger partial charge >= 0.3 is 12.1 Å². The van der Waals surface area contributed by atoms with Crippen LogP contribution in [0.2, 0.25) is 0 Å². The van der Waals surface area contributed by atoms with Crippen LogP contribution in [0.25, 0.3) is 0 Å². The standard InChI is InChI=1S/C19H38N2O3.C2HF3O2/c1-5-6-7-8-9-10-13-24-15-11-12-19(2,3)18(23-4)17(15)21-16(22)14-20;3-2(4,5)1(6)7/h15,17-18H,5-14,20H2,1-4H3,(H,21,22);(H,6,7)/t15-,17+,18-;/m1./s1. The van der Waals surface area contributed by atoms with Gasteiger partial charge in [-0.2, -0.15) is 13.2 Å². The van der Waals surface area contributed by atoms with Gasteiger partial charge in [-0.1, -0.05) is 52.9 Å². The lowest BCUT2D eigenvalue weighted by atomic mass is 9.71. The Kier molecular flexibility index (Phi) is 14.0. The predicted octanol–water partition coefficient (Wildman–Crippen LogP) is 3.64. The van der Waals surface area contributed by atoms with E-state index in [9.17, 15) is 18.0 Å². The predicted molar refractivity (Wildman–Crippen MR) is 112 cm³/mol. The van der Waals surface area contributed by atoms with Crippen molar-refractivity contribution in [3.05, 3.63) is 0 Å². The number of carbonyl (C=O) groups excluding carboxylic acids is 1. The Bertz CT molecular complexity index is 530. The molecule has 0 saturated heterocycles. The summed E-state index contributed by atoms with van der Waals surface area (Å²) in [6.07, 6.45) is 4.32. The molecule has 0 spiro atoms. The fraction of sp³-hybridized carbons (Fsp3) is 0.905. The van der Waals surface area contributed by atoms with E-state index in [4.69, 9.17) is 25.1 Å². The van der Waals surface area contributed by atoms with E-state index in [-0.39, 0.29) is 36.1 Å². The number of unbranched alkanes of at least 4 members (excludes halogenated alkanes) is 5. The summed E-state index contributed by atoms with van der Waals surface area (Å²) in [5.41, 5.74) is 5.49. The van der Waals surface area contributed by atoms with Crippen LogP contribution in [-0.2, 0) is 19.1 Å². The third kappa shape index (κ3) is 11.7. The Morgan fingerprint density at radius 1 is 1.16 bits per heavy atom. The van der Waals surface area contributed by atoms with Crippen molar-refractivity contribution in [2.45, 2.75) is 96.6 Å². The van der Waals surface area contributed by atoms with Gasteiger partial charge in [0.1, 0.15) is 0 Å². The van der Waals surface area contributed by atoms with Crippen molar-refractivity contribution in [2.24, 2.45) is 11.1 Å². The Morgan fingerprint density at radius 3 is 2.19 bits per heavy atom. The zero-order chi connectivity index (χ0) is 24.1. The molecule has 31 heavy (non-hydrogen) atoms. The highest BCUT2D eigenvalue weighted by Crippen LogP contribution is 2.38. The van der Waals surface area contributed by atoms with Crippen LogP contribution in [0.5, 0.6) is 0 Å². The number of hydrogen-bond acceptors (Lipinski definition) is 5. The molecule has 0 heterocycles. The van der Waals surface area contributed by atoms with Crippen LogP contribution < -0.4 is 11.1 Å². The first-order valence-electron chi connectivity index (χ1n) is 10.8. The Balaban J connectivity index is 0.00000110. The number of carbonyl (C=O) groups is 2. The number of carboxylic acids is 1. The Hall–Kier alpha value is -1.39. The van der Waals surface area contributed by atoms with Gasteiger partial charge in [0.2, 0.25) is 5.91 Å². The maximum absolute atomic E-state index is 11.8. The van der Waals surface area contributed by atoms with Crippen molar-refractivity contribution in [2.75, 3.05) is 20.3 Å². The average molecular weight is 457 g/mol. The zero-order valence-corrected chi connectivity index (χ0v) is 19.1. The summed E-state index contributed by atoms with van der Waals surface area (Å²) in [4.78, 5) is 20.7. The first-order valence-corrected chi connectivity index (χ1v) is 10.8. The second-order valence-electron chi connectivity index (χ2n) is 8.46. The minimum atomic E-state index is -5.08. The molecule has 1 aliphatic carbocycles. The van der Waals surface area contributed by atoms with Crippen LogP contribution in [0, 0.1) is 5.41 Å². The number of methoxy groups -OCH3 is 1. The first-order chi connectivity index (χ1) is 14.4. The van der Waals surface area contributed by atoms with Gasteiger partial charge in [-0.15, -0.1) is 0 Å². The average Bonchev–Trinajstić information content (AvgIpc) is 2.68. The summed E-state index contributed by atoms with van der Waals surface area (Å²) in [6.45, 7) is 7.36. The summed E-state index contributed by atoms with van der Waals surface area (Å²) < 4.78 is 43.6. The third-order valence-electron chi connectivity index (χ3n) is 5.41. The first kappa shape index (κ1) is 29.6. The Labute approximate surface area is 183 Å². The molecule has 0 aromatic carbocycles. The second-order valence-corrected chi connectivity index (χ2v) is 8.46. The number of amides is 1. The fourth-order valence-corrected chi connectivity index (χ4v) is 3.70. The molecule has 7 nitrogen and oxygen atoms in total. The van der Waals surface area contributed by atoms with Gasteiger partial charge in [0, 0.05) is 13.7 Å². The van der Waals surface area contributed by atoms with Crippen molar-refractivity contribution in [3.8, 4) is 0 Å². The highest BCUT2D eigenvalue weighted by molar-refractivity contribution is 5.78. The van der Waals surface area contributed by atoms with Crippen LogP contribution in [0.3, 0.4) is 0 Å². The number of nitrogens with two attached hydrogens (primary N) is 1. The quantitative estimate of drug-likeness (QED) is 0.409. The van der Waals surface area contributed by atoms with E-state index < -0.39 is 12.1 Å². The molecular formula is C21H39F3N2O5. The van der Waals surface area contributed by atoms with Crippen molar-refractivity contribution >= 4 is 11.9 Å². The molecular weight excluding hydrogens is 417 g/mol. The molecule has 184 valence electrons. The Morgan fingerprint density at radius 2 is 1.71 bits per heavy atom. The van der Waals surface area contributed by atoms with Gasteiger partial charge < -0.3 is 25.6 Å². The molecule has 1 saturated carbocycles. The molecule has 10 heteroatoms. The number of halogens is 3. The number of aliphatic carboxylic acids is 1. The molecule has 0 radical (unpaired) electrons. The second kappa shape index (κ2) is 14.6. The van der Waals surface area contributed by atoms with E-state index in [1.807, 2.05) is 0 Å². The van der Waals surface area contributed by atoms with Crippen LogP contribution in [-0.4, -0.2) is 61.7 Å². The van der Waals surface area contributed by atoms with Crippen molar-refractivity contribution in [1.29, 1.82) is 0 Å². The fourth-order valence-electron chi connectivity index (χ4n) is 3.70. The molecule has 4 N–H and O–H groups in total. The topological polar surface area (TPSA) is 111 Å². The molecule has 0 bridgehead atoms. The number of alkyl halides is 3. The summed E-state index contributed by atoms with van der Waals surface area (Å²) in [7, 11) is 1.71. The van der Waals surface area contributed by atoms with E-state index in [1.54, 1.807) is 7.11 Å².